The van der Waals surface area contributed by atoms with Crippen LogP contribution in [0.5, 0.6) is 0 Å². The summed E-state index contributed by atoms with van der Waals surface area (Å²) >= 11 is 0. The molecule has 0 saturated heterocycles. The molecule has 0 atom stereocenters. The van der Waals surface area contributed by atoms with Gasteiger partial charge in [0, 0.05) is 0 Å². The molecule has 1 rings (SSSR count). The molecule has 0 aromatic heterocycles. The molecule has 0 spiro atoms. The first kappa shape index (κ1) is 12.0. The topological polar surface area (TPSA) is 0 Å². The molecule has 0 aromatic rings. The van der Waals surface area contributed by atoms with E-state index in [1.807, 2.05) is 0 Å². The molecular weight excluding hydrogens is 208 g/mol. The zero-order chi connectivity index (χ0) is 7.89. The van der Waals surface area contributed by atoms with Crippen molar-refractivity contribution in [1.29, 1.82) is 0 Å². The molecule has 11 heavy (non-hydrogen) atoms. The molecule has 1 aliphatic carbocycles. The van der Waals surface area contributed by atoms with E-state index in [4.69, 9.17) is 0 Å². The summed E-state index contributed by atoms with van der Waals surface area (Å²) < 4.78 is 0. The van der Waals surface area contributed by atoms with Crippen LogP contribution < -0.4 is 0 Å². The Morgan fingerprint density at radius 2 is 1.09 bits per heavy atom. The summed E-state index contributed by atoms with van der Waals surface area (Å²) in [5.41, 5.74) is 6.11. The van der Waals surface area contributed by atoms with E-state index in [2.05, 4.69) is 34.6 Å². The standard InChI is InChI=1S/C10H16.Sr.2H/c1-6-7(2)9(4)10(5)8(6)3;;;/h6H,1-5H3;;;. The third-order valence-corrected chi connectivity index (χ3v) is 3.04. The molecule has 0 heterocycles. The van der Waals surface area contributed by atoms with E-state index in [1.54, 1.807) is 11.1 Å². The van der Waals surface area contributed by atoms with E-state index in [-0.39, 0.29) is 45.5 Å². The molecule has 0 amide bonds. The first-order valence-electron chi connectivity index (χ1n) is 3.90. The van der Waals surface area contributed by atoms with E-state index in [9.17, 15) is 0 Å². The van der Waals surface area contributed by atoms with Gasteiger partial charge in [-0.2, -0.15) is 0 Å². The molecule has 0 radical (unpaired) electrons. The van der Waals surface area contributed by atoms with Gasteiger partial charge in [0.2, 0.25) is 0 Å². The third kappa shape index (κ3) is 2.00. The predicted molar refractivity (Wildman–Crippen MR) is 54.5 cm³/mol. The van der Waals surface area contributed by atoms with Crippen LogP contribution in [0.2, 0.25) is 0 Å². The van der Waals surface area contributed by atoms with Gasteiger partial charge in [0.05, 0.1) is 0 Å². The predicted octanol–water partition coefficient (Wildman–Crippen LogP) is 2.39. The van der Waals surface area contributed by atoms with Crippen LogP contribution in [0, 0.1) is 5.92 Å². The average molecular weight is 226 g/mol. The Morgan fingerprint density at radius 3 is 1.18 bits per heavy atom. The van der Waals surface area contributed by atoms with Gasteiger partial charge < -0.3 is 0 Å². The fourth-order valence-electron chi connectivity index (χ4n) is 1.57. The van der Waals surface area contributed by atoms with Crippen molar-refractivity contribution in [3.05, 3.63) is 22.3 Å². The van der Waals surface area contributed by atoms with Crippen LogP contribution in [0.3, 0.4) is 0 Å². The molecule has 1 heteroatoms. The Balaban J connectivity index is 0.000001000. The Hall–Kier alpha value is 0.961. The average Bonchev–Trinajstić information content (AvgIpc) is 2.07. The normalized spacial score (nSPS) is 19.4. The van der Waals surface area contributed by atoms with Gasteiger partial charge in [-0.05, 0) is 44.8 Å². The SMILES string of the molecule is CC1=C(C)C(C)C(C)=C1C.[SrH2]. The van der Waals surface area contributed by atoms with Crippen molar-refractivity contribution < 1.29 is 0 Å². The van der Waals surface area contributed by atoms with Crippen LogP contribution in [-0.2, 0) is 0 Å². The molecule has 0 unspecified atom stereocenters. The van der Waals surface area contributed by atoms with Crippen LogP contribution in [0.25, 0.3) is 0 Å². The summed E-state index contributed by atoms with van der Waals surface area (Å²) in [5.74, 6) is 0.694. The molecule has 0 aliphatic heterocycles. The van der Waals surface area contributed by atoms with Crippen LogP contribution in [0.1, 0.15) is 34.6 Å². The van der Waals surface area contributed by atoms with Crippen molar-refractivity contribution in [3.63, 3.8) is 0 Å². The Morgan fingerprint density at radius 1 is 0.818 bits per heavy atom. The van der Waals surface area contributed by atoms with Gasteiger partial charge in [-0.1, -0.05) is 18.1 Å². The van der Waals surface area contributed by atoms with Crippen LogP contribution >= 0.6 is 0 Å². The van der Waals surface area contributed by atoms with Gasteiger partial charge in [0.25, 0.3) is 0 Å². The van der Waals surface area contributed by atoms with Gasteiger partial charge in [0.1, 0.15) is 0 Å². The van der Waals surface area contributed by atoms with Crippen molar-refractivity contribution in [1.82, 2.24) is 0 Å². The van der Waals surface area contributed by atoms with E-state index in [0.29, 0.717) is 5.92 Å². The number of hydrogen-bond acceptors (Lipinski definition) is 0. The zero-order valence-corrected chi connectivity index (χ0v) is 7.58. The summed E-state index contributed by atoms with van der Waals surface area (Å²) in [6, 6.07) is 0. The van der Waals surface area contributed by atoms with Crippen LogP contribution in [-0.4, -0.2) is 45.5 Å². The van der Waals surface area contributed by atoms with Crippen LogP contribution in [0.15, 0.2) is 22.3 Å². The summed E-state index contributed by atoms with van der Waals surface area (Å²) in [6.07, 6.45) is 0. The maximum absolute atomic E-state index is 2.28. The monoisotopic (exact) mass is 226 g/mol. The quantitative estimate of drug-likeness (QED) is 0.556. The first-order valence-corrected chi connectivity index (χ1v) is 3.90. The Kier molecular flexibility index (Phi) is 4.64. The van der Waals surface area contributed by atoms with Gasteiger partial charge in [-0.3, -0.25) is 0 Å². The molecule has 0 saturated carbocycles. The number of allylic oxidation sites excluding steroid dienone is 4. The second kappa shape index (κ2) is 4.27. The summed E-state index contributed by atoms with van der Waals surface area (Å²) in [5, 5.41) is 0. The van der Waals surface area contributed by atoms with Crippen molar-refractivity contribution in [2.75, 3.05) is 0 Å². The third-order valence-electron chi connectivity index (χ3n) is 3.04. The van der Waals surface area contributed by atoms with E-state index >= 15 is 0 Å². The van der Waals surface area contributed by atoms with Gasteiger partial charge in [0.15, 0.2) is 0 Å². The minimum atomic E-state index is 0. The maximum atomic E-state index is 2.28. The van der Waals surface area contributed by atoms with Crippen LogP contribution in [0.4, 0.5) is 0 Å². The van der Waals surface area contributed by atoms with E-state index < -0.39 is 0 Å². The molecule has 0 aromatic carbocycles. The van der Waals surface area contributed by atoms with Gasteiger partial charge >= 0.3 is 45.5 Å². The fourth-order valence-corrected chi connectivity index (χ4v) is 1.57. The molecule has 60 valence electrons. The van der Waals surface area contributed by atoms with Gasteiger partial charge in [-0.25, -0.2) is 0 Å². The van der Waals surface area contributed by atoms with Crippen molar-refractivity contribution in [2.24, 2.45) is 5.92 Å². The second-order valence-electron chi connectivity index (χ2n) is 3.34. The van der Waals surface area contributed by atoms with Gasteiger partial charge in [-0.15, -0.1) is 0 Å². The Labute approximate surface area is 107 Å². The van der Waals surface area contributed by atoms with Crippen molar-refractivity contribution in [2.45, 2.75) is 34.6 Å². The minimum absolute atomic E-state index is 0. The van der Waals surface area contributed by atoms with Crippen molar-refractivity contribution in [3.8, 4) is 0 Å². The molecule has 1 aliphatic rings. The van der Waals surface area contributed by atoms with E-state index in [0.717, 1.165) is 0 Å². The molecule has 0 fully saturated rings. The summed E-state index contributed by atoms with van der Waals surface area (Å²) in [6.45, 7) is 11.2. The molecule has 0 nitrogen and oxygen atoms in total. The molecule has 0 N–H and O–H groups in total. The Bertz CT molecular complexity index is 197. The molecular formula is C10H18Sr. The van der Waals surface area contributed by atoms with Crippen molar-refractivity contribution >= 4 is 45.5 Å². The molecule has 0 bridgehead atoms. The zero-order valence-electron chi connectivity index (χ0n) is 7.58. The number of rotatable bonds is 0. The number of hydrogen-bond donors (Lipinski definition) is 0. The first-order chi connectivity index (χ1) is 4.55. The summed E-state index contributed by atoms with van der Waals surface area (Å²) in [4.78, 5) is 0. The second-order valence-corrected chi connectivity index (χ2v) is 3.34. The summed E-state index contributed by atoms with van der Waals surface area (Å²) in [7, 11) is 0. The fraction of sp³-hybridized carbons (Fsp3) is 0.600. The van der Waals surface area contributed by atoms with E-state index in [1.165, 1.54) is 11.1 Å².